The van der Waals surface area contributed by atoms with Crippen LogP contribution in [0.4, 0.5) is 0 Å². The van der Waals surface area contributed by atoms with Crippen LogP contribution in [0.25, 0.3) is 0 Å². The minimum Gasteiger partial charge on any atom is -0.480 e. The Morgan fingerprint density at radius 2 is 1.00 bits per heavy atom. The highest BCUT2D eigenvalue weighted by atomic mass is 16.5. The van der Waals surface area contributed by atoms with Gasteiger partial charge in [-0.2, -0.15) is 0 Å². The van der Waals surface area contributed by atoms with Crippen LogP contribution in [-0.4, -0.2) is 35.6 Å². The molecule has 6 nitrogen and oxygen atoms in total. The Kier molecular flexibility index (Phi) is 34.1. The maximum atomic E-state index is 12.6. The molecule has 268 valence electrons. The van der Waals surface area contributed by atoms with E-state index in [0.29, 0.717) is 12.8 Å². The maximum Gasteiger partial charge on any atom is 0.322 e. The third-order valence-electron chi connectivity index (χ3n) is 8.58. The second-order valence-electron chi connectivity index (χ2n) is 13.2. The summed E-state index contributed by atoms with van der Waals surface area (Å²) in [6, 6.07) is 0. The third kappa shape index (κ3) is 34.8. The number of esters is 1. The molecule has 0 bridgehead atoms. The van der Waals surface area contributed by atoms with Crippen LogP contribution in [0, 0.1) is 0 Å². The molecule has 0 spiro atoms. The molecule has 0 aromatic heterocycles. The number of hydrogen-bond donors (Lipinski definition) is 2. The number of aliphatic carboxylic acids is 1. The molecule has 1 atom stereocenters. The van der Waals surface area contributed by atoms with Gasteiger partial charge in [0.05, 0.1) is 0 Å². The van der Waals surface area contributed by atoms with Gasteiger partial charge in [0.25, 0.3) is 0 Å². The summed E-state index contributed by atoms with van der Waals surface area (Å²) < 4.78 is 5.92. The first kappa shape index (κ1) is 43.9. The molecule has 0 fully saturated rings. The van der Waals surface area contributed by atoms with Gasteiger partial charge in [0, 0.05) is 12.8 Å². The van der Waals surface area contributed by atoms with Crippen molar-refractivity contribution in [2.75, 3.05) is 6.54 Å². The number of ether oxygens (including phenoxy) is 1. The van der Waals surface area contributed by atoms with Crippen molar-refractivity contribution in [1.29, 1.82) is 0 Å². The van der Waals surface area contributed by atoms with Gasteiger partial charge < -0.3 is 15.2 Å². The van der Waals surface area contributed by atoms with Crippen molar-refractivity contribution in [2.45, 2.75) is 206 Å². The van der Waals surface area contributed by atoms with E-state index in [4.69, 9.17) is 9.84 Å². The van der Waals surface area contributed by atoms with Gasteiger partial charge in [-0.3, -0.25) is 14.4 Å². The van der Waals surface area contributed by atoms with E-state index >= 15 is 0 Å². The zero-order chi connectivity index (χ0) is 33.8. The van der Waals surface area contributed by atoms with Crippen LogP contribution in [-0.2, 0) is 19.1 Å². The topological polar surface area (TPSA) is 92.7 Å². The molecule has 0 radical (unpaired) electrons. The monoisotopic (exact) mass is 648 g/mol. The SMILES string of the molecule is CCCCCCCC/C=C\CCCCCCCC(=O)OC(/C=C\CCCCCCCC)CCCCCCCCC(=O)NCC(=O)O. The van der Waals surface area contributed by atoms with Gasteiger partial charge in [0.15, 0.2) is 0 Å². The fourth-order valence-electron chi connectivity index (χ4n) is 5.65. The molecular weight excluding hydrogens is 574 g/mol. The summed E-state index contributed by atoms with van der Waals surface area (Å²) in [6.07, 6.45) is 41.7. The summed E-state index contributed by atoms with van der Waals surface area (Å²) in [6.45, 7) is 4.20. The summed E-state index contributed by atoms with van der Waals surface area (Å²) in [5, 5.41) is 11.0. The van der Waals surface area contributed by atoms with Crippen LogP contribution in [0.1, 0.15) is 200 Å². The molecule has 0 saturated carbocycles. The second kappa shape index (κ2) is 35.7. The smallest absolute Gasteiger partial charge is 0.322 e. The van der Waals surface area contributed by atoms with E-state index in [1.807, 2.05) is 0 Å². The van der Waals surface area contributed by atoms with Crippen molar-refractivity contribution in [1.82, 2.24) is 5.32 Å². The highest BCUT2D eigenvalue weighted by Crippen LogP contribution is 2.16. The molecule has 0 saturated heterocycles. The van der Waals surface area contributed by atoms with Crippen molar-refractivity contribution < 1.29 is 24.2 Å². The Bertz CT molecular complexity index is 763. The van der Waals surface area contributed by atoms with Gasteiger partial charge in [-0.25, -0.2) is 0 Å². The Labute approximate surface area is 284 Å². The van der Waals surface area contributed by atoms with Crippen molar-refractivity contribution in [3.8, 4) is 0 Å². The molecule has 2 N–H and O–H groups in total. The molecule has 0 aliphatic carbocycles. The van der Waals surface area contributed by atoms with E-state index in [0.717, 1.165) is 64.2 Å². The molecular formula is C40H73NO5. The number of carbonyl (C=O) groups is 3. The van der Waals surface area contributed by atoms with Gasteiger partial charge in [0.1, 0.15) is 12.6 Å². The summed E-state index contributed by atoms with van der Waals surface area (Å²) in [4.78, 5) is 34.8. The first-order valence-corrected chi connectivity index (χ1v) is 19.5. The first-order valence-electron chi connectivity index (χ1n) is 19.5. The van der Waals surface area contributed by atoms with E-state index in [9.17, 15) is 14.4 Å². The molecule has 1 amide bonds. The van der Waals surface area contributed by atoms with Crippen LogP contribution in [0.15, 0.2) is 24.3 Å². The molecule has 1 unspecified atom stereocenters. The number of carboxylic acids is 1. The van der Waals surface area contributed by atoms with E-state index in [1.165, 1.54) is 109 Å². The second-order valence-corrected chi connectivity index (χ2v) is 13.2. The lowest BCUT2D eigenvalue weighted by Crippen LogP contribution is -2.28. The van der Waals surface area contributed by atoms with Crippen LogP contribution < -0.4 is 5.32 Å². The minimum atomic E-state index is -1.02. The van der Waals surface area contributed by atoms with Crippen molar-refractivity contribution in [3.63, 3.8) is 0 Å². The fraction of sp³-hybridized carbons (Fsp3) is 0.825. The quantitative estimate of drug-likeness (QED) is 0.0405. The predicted octanol–water partition coefficient (Wildman–Crippen LogP) is 11.6. The highest BCUT2D eigenvalue weighted by molar-refractivity contribution is 5.80. The van der Waals surface area contributed by atoms with Gasteiger partial charge in [-0.15, -0.1) is 0 Å². The van der Waals surface area contributed by atoms with Crippen molar-refractivity contribution in [2.24, 2.45) is 0 Å². The Morgan fingerprint density at radius 1 is 0.565 bits per heavy atom. The minimum absolute atomic E-state index is 0.0620. The van der Waals surface area contributed by atoms with Crippen LogP contribution in [0.2, 0.25) is 0 Å². The zero-order valence-corrected chi connectivity index (χ0v) is 30.2. The molecule has 0 heterocycles. The lowest BCUT2D eigenvalue weighted by atomic mass is 10.0. The van der Waals surface area contributed by atoms with E-state index in [1.54, 1.807) is 0 Å². The Balaban J connectivity index is 4.14. The number of allylic oxidation sites excluding steroid dienone is 3. The molecule has 0 rings (SSSR count). The lowest BCUT2D eigenvalue weighted by molar-refractivity contribution is -0.147. The Hall–Kier alpha value is -2.11. The van der Waals surface area contributed by atoms with Crippen LogP contribution >= 0.6 is 0 Å². The number of unbranched alkanes of at least 4 members (excludes halogenated alkanes) is 22. The summed E-state index contributed by atoms with van der Waals surface area (Å²) in [5.41, 5.74) is 0. The number of carbonyl (C=O) groups excluding carboxylic acids is 2. The number of hydrogen-bond acceptors (Lipinski definition) is 4. The van der Waals surface area contributed by atoms with Crippen LogP contribution in [0.3, 0.4) is 0 Å². The van der Waals surface area contributed by atoms with E-state index in [2.05, 4.69) is 43.5 Å². The van der Waals surface area contributed by atoms with E-state index < -0.39 is 5.97 Å². The number of carboxylic acid groups (broad SMARTS) is 1. The standard InChI is InChI=1S/C40H73NO5/c1-3-5-7-9-11-13-14-15-16-17-18-19-21-27-31-35-40(45)46-37(32-28-24-20-12-10-8-6-4-2)33-29-25-22-23-26-30-34-38(42)41-36-39(43)44/h15-16,28,32,37H,3-14,17-27,29-31,33-36H2,1-2H3,(H,41,42)(H,43,44)/b16-15-,32-28-. The lowest BCUT2D eigenvalue weighted by Gasteiger charge is -2.15. The molecule has 0 aliphatic heterocycles. The average Bonchev–Trinajstić information content (AvgIpc) is 3.04. The molecule has 0 aliphatic rings. The predicted molar refractivity (Wildman–Crippen MR) is 194 cm³/mol. The van der Waals surface area contributed by atoms with Gasteiger partial charge in [-0.05, 0) is 70.3 Å². The molecule has 0 aromatic carbocycles. The van der Waals surface area contributed by atoms with Crippen molar-refractivity contribution in [3.05, 3.63) is 24.3 Å². The van der Waals surface area contributed by atoms with E-state index in [-0.39, 0.29) is 24.5 Å². The third-order valence-corrected chi connectivity index (χ3v) is 8.58. The average molecular weight is 648 g/mol. The molecule has 46 heavy (non-hydrogen) atoms. The molecule has 0 aromatic rings. The highest BCUT2D eigenvalue weighted by Gasteiger charge is 2.11. The normalized spacial score (nSPS) is 12.2. The maximum absolute atomic E-state index is 12.6. The largest absolute Gasteiger partial charge is 0.480 e. The summed E-state index contributed by atoms with van der Waals surface area (Å²) in [7, 11) is 0. The zero-order valence-electron chi connectivity index (χ0n) is 30.2. The summed E-state index contributed by atoms with van der Waals surface area (Å²) in [5.74, 6) is -1.27. The fourth-order valence-corrected chi connectivity index (χ4v) is 5.65. The molecule has 6 heteroatoms. The summed E-state index contributed by atoms with van der Waals surface area (Å²) >= 11 is 0. The number of nitrogens with one attached hydrogen (secondary N) is 1. The van der Waals surface area contributed by atoms with Crippen LogP contribution in [0.5, 0.6) is 0 Å². The van der Waals surface area contributed by atoms with Gasteiger partial charge in [0.2, 0.25) is 5.91 Å². The van der Waals surface area contributed by atoms with Crippen molar-refractivity contribution >= 4 is 17.8 Å². The number of amides is 1. The van der Waals surface area contributed by atoms with Gasteiger partial charge in [-0.1, -0.05) is 141 Å². The first-order chi connectivity index (χ1) is 22.5. The Morgan fingerprint density at radius 3 is 1.52 bits per heavy atom. The number of rotatable bonds is 35. The van der Waals surface area contributed by atoms with Gasteiger partial charge >= 0.3 is 11.9 Å².